The number of anilines is 3. The monoisotopic (exact) mass is 477 g/mol. The first-order chi connectivity index (χ1) is 16.8. The Kier molecular flexibility index (Phi) is 5.59. The molecule has 1 aliphatic rings. The molecule has 3 aromatic heterocycles. The minimum absolute atomic E-state index is 0.0364. The molecule has 0 spiro atoms. The Bertz CT molecular complexity index is 1450. The standard InChI is InChI=1S/C24H24FN7O3/c1-12-17(9-29-23-22(12)27-4-5-34-23)16-6-14-7-19(28-10-18(14)21(26)20(16)25)31-24(33)35-13(2)15-8-30-32(3)11-15/h6-11,13,27H,4-5,26H2,1-3H3,(H,28,31,33). The van der Waals surface area contributed by atoms with Gasteiger partial charge in [0.25, 0.3) is 0 Å². The van der Waals surface area contributed by atoms with Crippen LogP contribution >= 0.6 is 0 Å². The summed E-state index contributed by atoms with van der Waals surface area (Å²) in [6.45, 7) is 4.77. The molecule has 10 nitrogen and oxygen atoms in total. The Labute approximate surface area is 200 Å². The van der Waals surface area contributed by atoms with Crippen LogP contribution in [0.1, 0.15) is 24.2 Å². The van der Waals surface area contributed by atoms with Crippen molar-refractivity contribution in [2.24, 2.45) is 7.05 Å². The van der Waals surface area contributed by atoms with Gasteiger partial charge in [0.15, 0.2) is 5.82 Å². The van der Waals surface area contributed by atoms with Crippen molar-refractivity contribution in [2.45, 2.75) is 20.0 Å². The first-order valence-electron chi connectivity index (χ1n) is 11.0. The molecule has 11 heteroatoms. The molecule has 180 valence electrons. The number of carbonyl (C=O) groups excluding carboxylic acids is 1. The molecule has 0 aliphatic carbocycles. The van der Waals surface area contributed by atoms with Gasteiger partial charge in [0.05, 0.1) is 11.9 Å². The molecule has 1 unspecified atom stereocenters. The van der Waals surface area contributed by atoms with Crippen molar-refractivity contribution >= 4 is 34.1 Å². The van der Waals surface area contributed by atoms with E-state index in [2.05, 4.69) is 25.7 Å². The lowest BCUT2D eigenvalue weighted by molar-refractivity contribution is 0.121. The summed E-state index contributed by atoms with van der Waals surface area (Å²) in [6.07, 6.45) is 5.21. The summed E-state index contributed by atoms with van der Waals surface area (Å²) in [4.78, 5) is 20.9. The normalized spacial score (nSPS) is 13.5. The number of fused-ring (bicyclic) bond motifs is 2. The highest BCUT2D eigenvalue weighted by atomic mass is 19.1. The van der Waals surface area contributed by atoms with E-state index in [-0.39, 0.29) is 11.5 Å². The number of hydrogen-bond donors (Lipinski definition) is 3. The average Bonchev–Trinajstić information content (AvgIpc) is 3.28. The van der Waals surface area contributed by atoms with Crippen LogP contribution in [0.15, 0.2) is 36.9 Å². The van der Waals surface area contributed by atoms with Gasteiger partial charge >= 0.3 is 6.09 Å². The number of benzene rings is 1. The highest BCUT2D eigenvalue weighted by Gasteiger charge is 2.21. The molecule has 5 rings (SSSR count). The number of aryl methyl sites for hydroxylation is 1. The van der Waals surface area contributed by atoms with Gasteiger partial charge in [-0.3, -0.25) is 10.00 Å². The molecule has 0 saturated heterocycles. The van der Waals surface area contributed by atoms with E-state index in [9.17, 15) is 4.79 Å². The van der Waals surface area contributed by atoms with Crippen LogP contribution in [0.4, 0.5) is 26.4 Å². The SMILES string of the molecule is Cc1c(-c2cc3cc(NC(=O)OC(C)c4cnn(C)c4)ncc3c(N)c2F)cnc2c1NCCO2. The number of aromatic nitrogens is 4. The van der Waals surface area contributed by atoms with E-state index in [0.29, 0.717) is 40.9 Å². The van der Waals surface area contributed by atoms with Crippen LogP contribution in [-0.4, -0.2) is 39.0 Å². The van der Waals surface area contributed by atoms with Crippen LogP contribution in [-0.2, 0) is 11.8 Å². The molecule has 1 aromatic carbocycles. The number of nitrogens with two attached hydrogens (primary N) is 1. The maximum Gasteiger partial charge on any atom is 0.413 e. The second-order valence-corrected chi connectivity index (χ2v) is 8.31. The second-order valence-electron chi connectivity index (χ2n) is 8.31. The van der Waals surface area contributed by atoms with Crippen molar-refractivity contribution in [3.63, 3.8) is 0 Å². The lowest BCUT2D eigenvalue weighted by atomic mass is 9.97. The van der Waals surface area contributed by atoms with Gasteiger partial charge in [-0.1, -0.05) is 0 Å². The predicted molar refractivity (Wildman–Crippen MR) is 130 cm³/mol. The first-order valence-corrected chi connectivity index (χ1v) is 11.0. The van der Waals surface area contributed by atoms with Gasteiger partial charge in [-0.25, -0.2) is 19.2 Å². The number of nitrogens with one attached hydrogen (secondary N) is 2. The smallest absolute Gasteiger partial charge is 0.413 e. The molecule has 1 aliphatic heterocycles. The molecule has 0 radical (unpaired) electrons. The summed E-state index contributed by atoms with van der Waals surface area (Å²) in [5, 5.41) is 11.0. The zero-order valence-corrected chi connectivity index (χ0v) is 19.4. The molecular weight excluding hydrogens is 453 g/mol. The number of amides is 1. The topological polar surface area (TPSA) is 129 Å². The summed E-state index contributed by atoms with van der Waals surface area (Å²) < 4.78 is 27.9. The van der Waals surface area contributed by atoms with Gasteiger partial charge in [0, 0.05) is 54.3 Å². The maximum atomic E-state index is 15.3. The number of carbonyl (C=O) groups is 1. The molecule has 0 bridgehead atoms. The molecule has 4 aromatic rings. The Hall–Kier alpha value is -4.41. The Morgan fingerprint density at radius 3 is 2.89 bits per heavy atom. The largest absolute Gasteiger partial charge is 0.474 e. The lowest BCUT2D eigenvalue weighted by Crippen LogP contribution is -2.20. The summed E-state index contributed by atoms with van der Waals surface area (Å²) in [5.74, 6) is 0.167. The molecule has 0 fully saturated rings. The molecule has 35 heavy (non-hydrogen) atoms. The number of halogens is 1. The van der Waals surface area contributed by atoms with Crippen LogP contribution < -0.4 is 21.1 Å². The number of rotatable bonds is 4. The van der Waals surface area contributed by atoms with Crippen LogP contribution in [0.3, 0.4) is 0 Å². The van der Waals surface area contributed by atoms with E-state index < -0.39 is 18.0 Å². The number of pyridine rings is 2. The summed E-state index contributed by atoms with van der Waals surface area (Å²) in [7, 11) is 1.78. The summed E-state index contributed by atoms with van der Waals surface area (Å²) in [5.41, 5.74) is 9.26. The van der Waals surface area contributed by atoms with Crippen molar-refractivity contribution in [3.05, 3.63) is 53.9 Å². The van der Waals surface area contributed by atoms with Crippen molar-refractivity contribution in [3.8, 4) is 17.0 Å². The molecule has 1 atom stereocenters. The van der Waals surface area contributed by atoms with Gasteiger partial charge in [-0.15, -0.1) is 0 Å². The minimum Gasteiger partial charge on any atom is -0.474 e. The average molecular weight is 478 g/mol. The van der Waals surface area contributed by atoms with Gasteiger partial charge in [0.1, 0.15) is 24.2 Å². The molecule has 0 saturated carbocycles. The van der Waals surface area contributed by atoms with E-state index >= 15 is 4.39 Å². The summed E-state index contributed by atoms with van der Waals surface area (Å²) in [6, 6.07) is 3.28. The number of nitrogens with zero attached hydrogens (tertiary/aromatic N) is 4. The zero-order valence-electron chi connectivity index (χ0n) is 19.4. The highest BCUT2D eigenvalue weighted by molar-refractivity contribution is 5.99. The van der Waals surface area contributed by atoms with Crippen LogP contribution in [0, 0.1) is 12.7 Å². The third kappa shape index (κ3) is 4.16. The molecular formula is C24H24FN7O3. The van der Waals surface area contributed by atoms with E-state index in [1.165, 1.54) is 6.20 Å². The maximum absolute atomic E-state index is 15.3. The Balaban J connectivity index is 1.45. The highest BCUT2D eigenvalue weighted by Crippen LogP contribution is 2.39. The first kappa shape index (κ1) is 22.4. The van der Waals surface area contributed by atoms with Gasteiger partial charge < -0.3 is 20.5 Å². The van der Waals surface area contributed by atoms with Crippen molar-refractivity contribution in [1.29, 1.82) is 0 Å². The zero-order chi connectivity index (χ0) is 24.7. The predicted octanol–water partition coefficient (Wildman–Crippen LogP) is 4.17. The van der Waals surface area contributed by atoms with Gasteiger partial charge in [0.2, 0.25) is 5.88 Å². The van der Waals surface area contributed by atoms with Gasteiger partial charge in [-0.2, -0.15) is 5.10 Å². The van der Waals surface area contributed by atoms with E-state index in [1.807, 2.05) is 6.92 Å². The van der Waals surface area contributed by atoms with Gasteiger partial charge in [-0.05, 0) is 36.9 Å². The molecule has 4 N–H and O–H groups in total. The fourth-order valence-corrected chi connectivity index (χ4v) is 4.07. The van der Waals surface area contributed by atoms with E-state index in [0.717, 1.165) is 16.8 Å². The van der Waals surface area contributed by atoms with Crippen LogP contribution in [0.2, 0.25) is 0 Å². The van der Waals surface area contributed by atoms with Crippen molar-refractivity contribution in [2.75, 3.05) is 29.5 Å². The Morgan fingerprint density at radius 2 is 2.11 bits per heavy atom. The Morgan fingerprint density at radius 1 is 1.29 bits per heavy atom. The number of hydrogen-bond acceptors (Lipinski definition) is 8. The van der Waals surface area contributed by atoms with E-state index in [1.54, 1.807) is 49.4 Å². The van der Waals surface area contributed by atoms with Crippen molar-refractivity contribution < 1.29 is 18.7 Å². The van der Waals surface area contributed by atoms with Crippen molar-refractivity contribution in [1.82, 2.24) is 19.7 Å². The molecule has 1 amide bonds. The van der Waals surface area contributed by atoms with E-state index in [4.69, 9.17) is 15.2 Å². The minimum atomic E-state index is -0.677. The fourth-order valence-electron chi connectivity index (χ4n) is 4.07. The molecule has 4 heterocycles. The third-order valence-electron chi connectivity index (χ3n) is 5.94. The quantitative estimate of drug-likeness (QED) is 0.374. The van der Waals surface area contributed by atoms with Crippen LogP contribution in [0.25, 0.3) is 21.9 Å². The number of nitrogen functional groups attached to an aromatic ring is 1. The van der Waals surface area contributed by atoms with Crippen LogP contribution in [0.5, 0.6) is 5.88 Å². The third-order valence-corrected chi connectivity index (χ3v) is 5.94. The lowest BCUT2D eigenvalue weighted by Gasteiger charge is -2.22. The second kappa shape index (κ2) is 8.75. The number of ether oxygens (including phenoxy) is 2. The fraction of sp³-hybridized carbons (Fsp3) is 0.250. The summed E-state index contributed by atoms with van der Waals surface area (Å²) >= 11 is 0.